The average Bonchev–Trinajstić information content (AvgIpc) is 1.80. The van der Waals surface area contributed by atoms with Crippen LogP contribution in [0.5, 0.6) is 0 Å². The number of aromatic nitrogens is 1. The minimum atomic E-state index is -1.80. The molecule has 16 atom stereocenters. The van der Waals surface area contributed by atoms with E-state index in [0.717, 1.165) is 19.3 Å². The van der Waals surface area contributed by atoms with Gasteiger partial charge < -0.3 is 85.4 Å². The number of amides is 12. The summed E-state index contributed by atoms with van der Waals surface area (Å²) in [5.41, 5.74) is 9.25. The number of ketones is 5. The lowest BCUT2D eigenvalue weighted by atomic mass is 9.86. The van der Waals surface area contributed by atoms with Crippen molar-refractivity contribution in [3.8, 4) is 0 Å². The van der Waals surface area contributed by atoms with Crippen LogP contribution in [-0.2, 0) is 94.3 Å². The molecule has 35 heteroatoms. The molecule has 1 fully saturated rings. The Morgan fingerprint density at radius 1 is 0.598 bits per heavy atom. The van der Waals surface area contributed by atoms with Crippen molar-refractivity contribution in [3.05, 3.63) is 71.9 Å². The van der Waals surface area contributed by atoms with Crippen LogP contribution in [0.3, 0.4) is 0 Å². The molecular formula is C82H125N15O18S2. The highest BCUT2D eigenvalue weighted by atomic mass is 32.2. The Morgan fingerprint density at radius 2 is 1.16 bits per heavy atom. The minimum Gasteiger partial charge on any atom is -0.391 e. The molecule has 18 N–H and O–H groups in total. The number of benzene rings is 2. The van der Waals surface area contributed by atoms with Gasteiger partial charge in [-0.3, -0.25) is 81.5 Å². The molecule has 1 saturated heterocycles. The fraction of sp³-hybridized carbons (Fsp3) is 0.622. The Morgan fingerprint density at radius 3 is 1.74 bits per heavy atom. The molecule has 0 bridgehead atoms. The summed E-state index contributed by atoms with van der Waals surface area (Å²) in [6.07, 6.45) is 2.48. The molecule has 4 rings (SSSR count). The monoisotopic (exact) mass is 1670 g/mol. The van der Waals surface area contributed by atoms with Gasteiger partial charge in [0.1, 0.15) is 47.3 Å². The first-order valence-electron chi connectivity index (χ1n) is 40.1. The Hall–Kier alpha value is -9.45. The van der Waals surface area contributed by atoms with E-state index in [0.29, 0.717) is 46.4 Å². The Kier molecular flexibility index (Phi) is 41.4. The lowest BCUT2D eigenvalue weighted by molar-refractivity contribution is -0.141. The smallest absolute Gasteiger partial charge is 0.246 e. The number of hydrogen-bond acceptors (Lipinski definition) is 22. The van der Waals surface area contributed by atoms with Crippen molar-refractivity contribution in [1.29, 1.82) is 0 Å². The zero-order valence-corrected chi connectivity index (χ0v) is 71.7. The van der Waals surface area contributed by atoms with Gasteiger partial charge in [0.05, 0.1) is 36.2 Å². The summed E-state index contributed by atoms with van der Waals surface area (Å²) in [6.45, 7) is 22.1. The molecule has 0 aliphatic carbocycles. The van der Waals surface area contributed by atoms with E-state index < -0.39 is 208 Å². The first kappa shape index (κ1) is 99.9. The van der Waals surface area contributed by atoms with Crippen molar-refractivity contribution in [3.63, 3.8) is 0 Å². The van der Waals surface area contributed by atoms with Gasteiger partial charge >= 0.3 is 0 Å². The maximum atomic E-state index is 15.6. The number of primary amides is 2. The van der Waals surface area contributed by atoms with Gasteiger partial charge in [0.2, 0.25) is 94.0 Å². The predicted octanol–water partition coefficient (Wildman–Crippen LogP) is 1.40. The second-order valence-electron chi connectivity index (χ2n) is 32.1. The lowest BCUT2D eigenvalue weighted by Gasteiger charge is -2.33. The first-order chi connectivity index (χ1) is 54.9. The van der Waals surface area contributed by atoms with Crippen molar-refractivity contribution < 1.29 is 86.6 Å². The molecule has 33 nitrogen and oxygen atoms in total. The number of carbonyl (C=O) groups is 17. The number of hydrogen-bond donors (Lipinski definition) is 16. The number of aromatic amines is 1. The molecule has 1 aliphatic heterocycles. The van der Waals surface area contributed by atoms with Crippen LogP contribution in [0.25, 0.3) is 10.9 Å². The van der Waals surface area contributed by atoms with Crippen LogP contribution in [0.4, 0.5) is 0 Å². The summed E-state index contributed by atoms with van der Waals surface area (Å²) >= 11 is 2.70. The number of carbonyl (C=O) groups excluding carboxylic acids is 17. The van der Waals surface area contributed by atoms with Crippen LogP contribution in [0.15, 0.2) is 60.8 Å². The van der Waals surface area contributed by atoms with Crippen molar-refractivity contribution in [1.82, 2.24) is 68.8 Å². The van der Waals surface area contributed by atoms with Gasteiger partial charge in [0.15, 0.2) is 5.78 Å². The Bertz CT molecular complexity index is 3970. The molecular weight excluding hydrogens is 1550 g/mol. The number of fused-ring (bicyclic) bond motifs is 1. The topological polar surface area (TPSA) is 523 Å². The van der Waals surface area contributed by atoms with E-state index >= 15 is 14.4 Å². The third-order valence-corrected chi connectivity index (χ3v) is 22.9. The number of Topliss-reactive ketones (excluding diaryl/α,β-unsaturated/α-hetero) is 5. The molecule has 3 aromatic rings. The van der Waals surface area contributed by atoms with E-state index in [4.69, 9.17) is 11.5 Å². The van der Waals surface area contributed by atoms with E-state index in [1.165, 1.54) is 99.7 Å². The van der Waals surface area contributed by atoms with Gasteiger partial charge in [-0.15, -0.1) is 0 Å². The highest BCUT2D eigenvalue weighted by Crippen LogP contribution is 2.28. The third kappa shape index (κ3) is 33.1. The first-order valence-corrected chi connectivity index (χ1v) is 42.4. The van der Waals surface area contributed by atoms with Gasteiger partial charge in [-0.05, 0) is 141 Å². The van der Waals surface area contributed by atoms with Crippen molar-refractivity contribution in [2.75, 3.05) is 36.1 Å². The lowest BCUT2D eigenvalue weighted by Crippen LogP contribution is -2.63. The molecule has 1 aliphatic rings. The summed E-state index contributed by atoms with van der Waals surface area (Å²) < 4.78 is 0. The number of nitrogens with one attached hydrogen (secondary N) is 13. The number of H-pyrrole nitrogens is 1. The summed E-state index contributed by atoms with van der Waals surface area (Å²) in [5.74, 6) is -16.3. The number of rotatable bonds is 34. The number of para-hydroxylation sites is 1. The van der Waals surface area contributed by atoms with Gasteiger partial charge in [-0.2, -0.15) is 23.5 Å². The van der Waals surface area contributed by atoms with E-state index in [-0.39, 0.29) is 68.5 Å². The van der Waals surface area contributed by atoms with Crippen molar-refractivity contribution in [2.24, 2.45) is 41.1 Å². The highest BCUT2D eigenvalue weighted by molar-refractivity contribution is 7.99. The van der Waals surface area contributed by atoms with Crippen LogP contribution >= 0.6 is 23.5 Å². The van der Waals surface area contributed by atoms with Crippen LogP contribution in [0.1, 0.15) is 179 Å². The van der Waals surface area contributed by atoms with Crippen molar-refractivity contribution in [2.45, 2.75) is 259 Å². The second-order valence-corrected chi connectivity index (χ2v) is 34.3. The number of aliphatic hydroxyl groups is 1. The van der Waals surface area contributed by atoms with Crippen LogP contribution in [0, 0.1) is 29.6 Å². The third-order valence-electron chi connectivity index (χ3n) is 20.2. The molecule has 117 heavy (non-hydrogen) atoms. The van der Waals surface area contributed by atoms with Gasteiger partial charge in [0.25, 0.3) is 0 Å². The Balaban J connectivity index is 1.69. The maximum absolute atomic E-state index is 15.6. The molecule has 3 unspecified atom stereocenters. The summed E-state index contributed by atoms with van der Waals surface area (Å²) in [4.78, 5) is 238. The van der Waals surface area contributed by atoms with E-state index in [1.54, 1.807) is 42.6 Å². The summed E-state index contributed by atoms with van der Waals surface area (Å²) in [5, 5.41) is 43.9. The standard InChI is InChI=1S/C82H125N15O18S2/c1-44(2)34-58-41-87-61(30-31-65(83)101)70(105)69(104)49(8)89-75(110)56(37-57-40-86-60-29-23-22-28-59(57)60)38-64(100)81(14,97-78(113)63(36-55-26-20-19-21-27-55)94-79(114)66(53(12)98)95-77(112)62(35-45(3)4)93-54(13)99)42-116-32-24-17-16-18-25-33-117-43-82(15,96-76(58)111)80(115)92-52(11)74(109)91-51(10)73(108)90-50(9)72(107)88-48(7)68(103)67(102)47(6)85-39-46(5)71(84)106/h19-23,26-29,40,44-53,56,58,61-63,66,85-87,98H,16-18,24-25,30-39,41-43H2,1-15H3,(H2,83,101)(H2,84,106)(H,88,107)(H,89,110)(H,90,108)(H,91,109)(H,92,115)(H,93,99)(H,94,114)(H,95,112)(H,96,111)(H,97,113)/t46-,47-,48-,49?,50?,51-,52?,53+,56+,58+,61-,62-,63-,66-,81+,82-/m0/s1. The molecule has 12 amide bonds. The number of aliphatic hydroxyl groups excluding tert-OH is 1. The Labute approximate surface area is 693 Å². The quantitative estimate of drug-likeness (QED) is 0.0376. The largest absolute Gasteiger partial charge is 0.391 e. The second kappa shape index (κ2) is 48.4. The molecule has 1 aromatic heterocycles. The van der Waals surface area contributed by atoms with E-state index in [1.807, 2.05) is 45.9 Å². The number of nitrogens with two attached hydrogens (primary N) is 2. The SMILES string of the molecule is CC(=O)N[C@@H](CC(C)C)C(=O)N[C@H](C(=O)N[C@@H](Cc1ccccc1)C(=O)N[C@]1(C)CSCCCCCCCSC[C@@](C)(C(=O)NC(C)C(=O)N[C@@H](C)C(=O)NC(C)C(=O)N[C@@H](C)C(=O)C(=O)[C@H](C)NC[C@H](C)C(N)=O)NC(=O)[C@H](CC(C)C)CN[C@@H](CCC(N)=O)C(=O)C(=O)C(C)NC(=O)[C@H](Cc2c[nH]c3ccccc23)CC1=O)[C@@H](C)O. The zero-order valence-electron chi connectivity index (χ0n) is 70.1. The molecule has 0 spiro atoms. The number of thioether (sulfide) groups is 2. The predicted molar refractivity (Wildman–Crippen MR) is 446 cm³/mol. The van der Waals surface area contributed by atoms with Crippen molar-refractivity contribution >= 4 is 134 Å². The fourth-order valence-corrected chi connectivity index (χ4v) is 15.3. The summed E-state index contributed by atoms with van der Waals surface area (Å²) in [6, 6.07) is 2.40. The fourth-order valence-electron chi connectivity index (χ4n) is 12.9. The van der Waals surface area contributed by atoms with E-state index in [9.17, 15) is 72.2 Å². The van der Waals surface area contributed by atoms with E-state index in [2.05, 4.69) is 68.8 Å². The van der Waals surface area contributed by atoms with Gasteiger partial charge in [0, 0.05) is 79.7 Å². The molecule has 2 aromatic carbocycles. The van der Waals surface area contributed by atoms with Crippen LogP contribution in [0.2, 0.25) is 0 Å². The van der Waals surface area contributed by atoms with Crippen LogP contribution < -0.4 is 75.3 Å². The average molecular weight is 1670 g/mol. The minimum absolute atomic E-state index is 0.0210. The van der Waals surface area contributed by atoms with Gasteiger partial charge in [-0.1, -0.05) is 102 Å². The highest BCUT2D eigenvalue weighted by Gasteiger charge is 2.44. The molecule has 0 radical (unpaired) electrons. The normalized spacial score (nSPS) is 22.1. The molecule has 2 heterocycles. The zero-order chi connectivity index (χ0) is 87.8. The van der Waals surface area contributed by atoms with Crippen LogP contribution in [-0.4, -0.2) is 224 Å². The van der Waals surface area contributed by atoms with Gasteiger partial charge in [-0.25, -0.2) is 0 Å². The molecule has 0 saturated carbocycles. The molecule has 648 valence electrons. The maximum Gasteiger partial charge on any atom is 0.246 e. The summed E-state index contributed by atoms with van der Waals surface area (Å²) in [7, 11) is 0.